The van der Waals surface area contributed by atoms with Gasteiger partial charge in [-0.25, -0.2) is 12.6 Å². The standard InChI is InChI=1S/C33H27ClN10O19S6.Na/c34-31-38-32(36-18-2-1-3-21(14-18)64(46,47)11-10-63-69(60,61)62)40-33(39-31)37-19-6-9-23(66(51,52)53)22(15-19)42-44-29-25(68(57,58)59)13-16-12-24(67(54,55)56)28(27(35)26(16)30(29)45)43-41-17-4-7-20(8-5-17)65(48,49)50;/h1-9,12-15,45H,10-11,35H2,(H,48,49,50)(H,51,52,53)(H,54,55,56)(H,57,58,59)(H,60,61,62)(H2,36,37,38,39,40);. The Morgan fingerprint density at radius 3 is 1.69 bits per heavy atom. The Kier molecular flexibility index (Phi) is 16.4. The topological polar surface area (TPSA) is 474 Å². The number of anilines is 5. The smallest absolute Gasteiger partial charge is 0.397 e. The summed E-state index contributed by atoms with van der Waals surface area (Å²) in [7, 11) is -29.7. The minimum atomic E-state index is -5.47. The van der Waals surface area contributed by atoms with Gasteiger partial charge in [-0.15, -0.1) is 15.3 Å². The maximum absolute atomic E-state index is 12.7. The van der Waals surface area contributed by atoms with Crippen LogP contribution in [0.5, 0.6) is 5.75 Å². The molecule has 1 aromatic heterocycles. The Balaban J connectivity index is 0.00000913. The van der Waals surface area contributed by atoms with Crippen molar-refractivity contribution in [2.24, 2.45) is 20.5 Å². The summed E-state index contributed by atoms with van der Waals surface area (Å²) in [6.45, 7) is -0.901. The van der Waals surface area contributed by atoms with E-state index in [-0.39, 0.29) is 63.4 Å². The van der Waals surface area contributed by atoms with E-state index < -0.39 is 137 Å². The molecule has 367 valence electrons. The van der Waals surface area contributed by atoms with Crippen LogP contribution < -0.4 is 16.4 Å². The van der Waals surface area contributed by atoms with Crippen LogP contribution in [-0.2, 0) is 64.9 Å². The van der Waals surface area contributed by atoms with Crippen LogP contribution in [0.15, 0.2) is 124 Å². The summed E-state index contributed by atoms with van der Waals surface area (Å²) in [6.07, 6.45) is 0. The average molecular weight is 1120 g/mol. The molecule has 0 fully saturated rings. The van der Waals surface area contributed by atoms with E-state index in [9.17, 15) is 73.8 Å². The van der Waals surface area contributed by atoms with Crippen molar-refractivity contribution < 1.29 is 82.6 Å². The van der Waals surface area contributed by atoms with E-state index in [4.69, 9.17) is 21.9 Å². The van der Waals surface area contributed by atoms with Crippen LogP contribution in [0.3, 0.4) is 0 Å². The number of phenols is 1. The van der Waals surface area contributed by atoms with E-state index in [0.29, 0.717) is 12.1 Å². The number of halogens is 1. The normalized spacial score (nSPS) is 12.9. The first-order chi connectivity index (χ1) is 31.8. The van der Waals surface area contributed by atoms with E-state index in [1.807, 2.05) is 0 Å². The number of phenolic OH excluding ortho intramolecular Hbond substituents is 1. The predicted molar refractivity (Wildman–Crippen MR) is 244 cm³/mol. The van der Waals surface area contributed by atoms with E-state index in [1.54, 1.807) is 0 Å². The third-order valence-electron chi connectivity index (χ3n) is 8.66. The Hall–Kier alpha value is -5.48. The number of sulfone groups is 1. The maximum atomic E-state index is 12.7. The molecule has 0 amide bonds. The van der Waals surface area contributed by atoms with Gasteiger partial charge in [0.1, 0.15) is 31.7 Å². The van der Waals surface area contributed by atoms with Gasteiger partial charge in [-0.3, -0.25) is 22.8 Å². The van der Waals surface area contributed by atoms with Crippen molar-refractivity contribution in [2.45, 2.75) is 24.5 Å². The third-order valence-corrected chi connectivity index (χ3v) is 14.5. The Bertz CT molecular complexity index is 3860. The molecule has 5 aromatic carbocycles. The van der Waals surface area contributed by atoms with Crippen LogP contribution in [0.25, 0.3) is 10.8 Å². The number of hydrogen-bond acceptors (Lipinski definition) is 24. The van der Waals surface area contributed by atoms with Gasteiger partial charge in [0.05, 0.1) is 38.9 Å². The SMILES string of the molecule is Nc1c(N=Nc2ccc(S(=O)(=O)O)cc2)c(S(=O)(=O)O)cc2cc(S(=O)(=O)O)c(N=Nc3cc(Nc4nc(Cl)nc(Nc5cccc(S(=O)(=O)CCOS(=O)(=O)O)c5)n4)ccc3S(=O)(=O)O)c(O)c12.[Na]. The molecule has 6 rings (SSSR count). The molecule has 0 aliphatic heterocycles. The van der Waals surface area contributed by atoms with Gasteiger partial charge in [-0.2, -0.15) is 62.2 Å². The molecule has 0 saturated carbocycles. The zero-order valence-corrected chi connectivity index (χ0v) is 42.1. The Labute approximate surface area is 422 Å². The second-order valence-corrected chi connectivity index (χ2v) is 22.5. The summed E-state index contributed by atoms with van der Waals surface area (Å²) < 4.78 is 197. The van der Waals surface area contributed by atoms with Crippen LogP contribution in [0.2, 0.25) is 5.28 Å². The molecule has 6 aromatic rings. The van der Waals surface area contributed by atoms with Gasteiger partial charge >= 0.3 is 10.4 Å². The summed E-state index contributed by atoms with van der Waals surface area (Å²) in [5.74, 6) is -2.81. The van der Waals surface area contributed by atoms with Crippen LogP contribution >= 0.6 is 11.6 Å². The monoisotopic (exact) mass is 1120 g/mol. The van der Waals surface area contributed by atoms with Gasteiger partial charge < -0.3 is 21.5 Å². The van der Waals surface area contributed by atoms with Crippen LogP contribution in [0.1, 0.15) is 0 Å². The zero-order chi connectivity index (χ0) is 51.1. The molecule has 29 nitrogen and oxygen atoms in total. The van der Waals surface area contributed by atoms with Crippen LogP contribution in [0.4, 0.5) is 51.7 Å². The van der Waals surface area contributed by atoms with E-state index in [1.165, 1.54) is 18.2 Å². The molecule has 0 unspecified atom stereocenters. The van der Waals surface area contributed by atoms with Gasteiger partial charge in [0.15, 0.2) is 15.6 Å². The second-order valence-electron chi connectivity index (χ2n) is 13.4. The minimum Gasteiger partial charge on any atom is -0.505 e. The number of nitrogens with one attached hydrogen (secondary N) is 2. The van der Waals surface area contributed by atoms with Crippen molar-refractivity contribution in [3.63, 3.8) is 0 Å². The summed E-state index contributed by atoms with van der Waals surface area (Å²) in [5, 5.41) is 29.8. The Morgan fingerprint density at radius 1 is 0.600 bits per heavy atom. The van der Waals surface area contributed by atoms with E-state index in [0.717, 1.165) is 48.5 Å². The number of nitrogens with zero attached hydrogens (tertiary/aromatic N) is 7. The van der Waals surface area contributed by atoms with Gasteiger partial charge in [-0.1, -0.05) is 6.07 Å². The molecular weight excluding hydrogens is 1090 g/mol. The minimum absolute atomic E-state index is 0. The Morgan fingerprint density at radius 2 is 1.14 bits per heavy atom. The number of aromatic nitrogens is 3. The van der Waals surface area contributed by atoms with Gasteiger partial charge in [0.25, 0.3) is 40.5 Å². The number of aromatic hydroxyl groups is 1. The first kappa shape index (κ1) is 55.4. The number of nitrogens with two attached hydrogens (primary N) is 1. The van der Waals surface area contributed by atoms with Crippen molar-refractivity contribution in [3.05, 3.63) is 84.1 Å². The molecule has 10 N–H and O–H groups in total. The van der Waals surface area contributed by atoms with Crippen molar-refractivity contribution in [1.29, 1.82) is 0 Å². The maximum Gasteiger partial charge on any atom is 0.397 e. The molecular formula is C33H27ClN10NaO19S6. The number of fused-ring (bicyclic) bond motifs is 1. The summed E-state index contributed by atoms with van der Waals surface area (Å²) in [4.78, 5) is 7.61. The van der Waals surface area contributed by atoms with Crippen LogP contribution in [0, 0.1) is 0 Å². The van der Waals surface area contributed by atoms with Crippen molar-refractivity contribution in [2.75, 3.05) is 28.7 Å². The molecule has 0 bridgehead atoms. The molecule has 1 heterocycles. The largest absolute Gasteiger partial charge is 0.505 e. The van der Waals surface area contributed by atoms with Crippen molar-refractivity contribution in [3.8, 4) is 5.75 Å². The first-order valence-corrected chi connectivity index (χ1v) is 27.0. The summed E-state index contributed by atoms with van der Waals surface area (Å²) in [6, 6.07) is 12.6. The average Bonchev–Trinajstić information content (AvgIpc) is 3.20. The number of hydrogen-bond donors (Lipinski definition) is 9. The molecule has 0 saturated heterocycles. The fraction of sp³-hybridized carbons (Fsp3) is 0.0606. The second kappa shape index (κ2) is 20.7. The first-order valence-electron chi connectivity index (χ1n) is 17.8. The summed E-state index contributed by atoms with van der Waals surface area (Å²) >= 11 is 6.09. The van der Waals surface area contributed by atoms with Crippen LogP contribution in [-0.4, -0.2) is 135 Å². The van der Waals surface area contributed by atoms with Gasteiger partial charge in [0.2, 0.25) is 17.2 Å². The van der Waals surface area contributed by atoms with E-state index in [2.05, 4.69) is 50.2 Å². The number of nitrogen functional groups attached to an aromatic ring is 1. The van der Waals surface area contributed by atoms with Gasteiger partial charge in [0, 0.05) is 40.9 Å². The van der Waals surface area contributed by atoms with Crippen molar-refractivity contribution in [1.82, 2.24) is 15.0 Å². The molecule has 0 aliphatic carbocycles. The molecule has 37 heteroatoms. The number of azo groups is 2. The fourth-order valence-corrected chi connectivity index (χ4v) is 9.85. The fourth-order valence-electron chi connectivity index (χ4n) is 5.75. The predicted octanol–water partition coefficient (Wildman–Crippen LogP) is 4.48. The van der Waals surface area contributed by atoms with E-state index >= 15 is 0 Å². The summed E-state index contributed by atoms with van der Waals surface area (Å²) in [5.41, 5.74) is 2.25. The van der Waals surface area contributed by atoms with Crippen molar-refractivity contribution >= 4 is 164 Å². The molecule has 0 spiro atoms. The number of benzene rings is 5. The molecule has 1 radical (unpaired) electrons. The quantitative estimate of drug-likeness (QED) is 0.0263. The van der Waals surface area contributed by atoms with Gasteiger partial charge in [-0.05, 0) is 89.8 Å². The molecule has 70 heavy (non-hydrogen) atoms. The zero-order valence-electron chi connectivity index (χ0n) is 34.4. The number of rotatable bonds is 17. The third kappa shape index (κ3) is 13.7. The molecule has 0 atom stereocenters. The molecule has 0 aliphatic rings.